The van der Waals surface area contributed by atoms with E-state index in [9.17, 15) is 0 Å². The molecule has 1 aromatic rings. The lowest BCUT2D eigenvalue weighted by molar-refractivity contribution is 0.435. The molecule has 0 amide bonds. The predicted octanol–water partition coefficient (Wildman–Crippen LogP) is 3.09. The Morgan fingerprint density at radius 3 is 2.42 bits per heavy atom. The Morgan fingerprint density at radius 2 is 1.74 bits per heavy atom. The van der Waals surface area contributed by atoms with E-state index >= 15 is 0 Å². The van der Waals surface area contributed by atoms with Crippen LogP contribution in [-0.2, 0) is 0 Å². The quantitative estimate of drug-likeness (QED) is 0.798. The van der Waals surface area contributed by atoms with Gasteiger partial charge in [0, 0.05) is 31.7 Å². The molecule has 0 spiro atoms. The molecule has 106 valence electrons. The maximum absolute atomic E-state index is 3.56. The van der Waals surface area contributed by atoms with E-state index in [-0.39, 0.29) is 5.54 Å². The van der Waals surface area contributed by atoms with Crippen molar-refractivity contribution >= 4 is 11.4 Å². The lowest BCUT2D eigenvalue weighted by Crippen LogP contribution is -2.38. The minimum Gasteiger partial charge on any atom is -0.382 e. The molecule has 1 saturated heterocycles. The summed E-state index contributed by atoms with van der Waals surface area (Å²) >= 11 is 0. The fraction of sp³-hybridized carbons (Fsp3) is 0.625. The highest BCUT2D eigenvalue weighted by Crippen LogP contribution is 2.28. The van der Waals surface area contributed by atoms with E-state index in [1.54, 1.807) is 0 Å². The molecule has 3 heteroatoms. The molecule has 0 aliphatic carbocycles. The summed E-state index contributed by atoms with van der Waals surface area (Å²) in [5.41, 5.74) is 2.81. The first kappa shape index (κ1) is 14.2. The van der Waals surface area contributed by atoms with Crippen molar-refractivity contribution in [1.82, 2.24) is 5.32 Å². The highest BCUT2D eigenvalue weighted by molar-refractivity contribution is 5.70. The van der Waals surface area contributed by atoms with Gasteiger partial charge in [-0.25, -0.2) is 0 Å². The lowest BCUT2D eigenvalue weighted by Gasteiger charge is -2.23. The van der Waals surface area contributed by atoms with E-state index in [0.29, 0.717) is 0 Å². The summed E-state index contributed by atoms with van der Waals surface area (Å²) in [5, 5.41) is 7.06. The van der Waals surface area contributed by atoms with Crippen LogP contribution < -0.4 is 15.5 Å². The van der Waals surface area contributed by atoms with Gasteiger partial charge in [0.2, 0.25) is 0 Å². The van der Waals surface area contributed by atoms with Crippen LogP contribution in [0.5, 0.6) is 0 Å². The Morgan fingerprint density at radius 1 is 1.05 bits per heavy atom. The maximum atomic E-state index is 3.56. The monoisotopic (exact) mass is 261 g/mol. The van der Waals surface area contributed by atoms with Crippen LogP contribution in [0, 0.1) is 0 Å². The molecule has 0 aromatic heterocycles. The van der Waals surface area contributed by atoms with Gasteiger partial charge in [-0.05, 0) is 45.7 Å². The zero-order valence-electron chi connectivity index (χ0n) is 12.5. The SMILES string of the molecule is CC(C)(C)NCCNc1ccccc1N1CCCC1. The van der Waals surface area contributed by atoms with E-state index in [4.69, 9.17) is 0 Å². The summed E-state index contributed by atoms with van der Waals surface area (Å²) in [7, 11) is 0. The number of rotatable bonds is 5. The summed E-state index contributed by atoms with van der Waals surface area (Å²) < 4.78 is 0. The summed E-state index contributed by atoms with van der Waals surface area (Å²) in [4.78, 5) is 2.49. The van der Waals surface area contributed by atoms with Crippen molar-refractivity contribution in [2.75, 3.05) is 36.4 Å². The molecule has 0 unspecified atom stereocenters. The Balaban J connectivity index is 1.89. The molecular weight excluding hydrogens is 234 g/mol. The molecule has 0 bridgehead atoms. The average Bonchev–Trinajstić information content (AvgIpc) is 2.88. The second-order valence-corrected chi connectivity index (χ2v) is 6.31. The molecular formula is C16H27N3. The van der Waals surface area contributed by atoms with Gasteiger partial charge in [0.05, 0.1) is 11.4 Å². The predicted molar refractivity (Wildman–Crippen MR) is 84.1 cm³/mol. The van der Waals surface area contributed by atoms with Crippen molar-refractivity contribution in [2.45, 2.75) is 39.2 Å². The highest BCUT2D eigenvalue weighted by Gasteiger charge is 2.15. The molecule has 0 radical (unpaired) electrons. The molecule has 0 atom stereocenters. The van der Waals surface area contributed by atoms with Crippen LogP contribution in [0.25, 0.3) is 0 Å². The molecule has 1 aromatic carbocycles. The number of hydrogen-bond acceptors (Lipinski definition) is 3. The van der Waals surface area contributed by atoms with Crippen LogP contribution in [0.4, 0.5) is 11.4 Å². The second kappa shape index (κ2) is 6.29. The summed E-state index contributed by atoms with van der Waals surface area (Å²) in [6.45, 7) is 10.9. The van der Waals surface area contributed by atoms with Crippen molar-refractivity contribution in [3.05, 3.63) is 24.3 Å². The minimum atomic E-state index is 0.191. The molecule has 1 aliphatic heterocycles. The molecule has 2 N–H and O–H groups in total. The Labute approximate surface area is 117 Å². The van der Waals surface area contributed by atoms with Gasteiger partial charge in [-0.15, -0.1) is 0 Å². The summed E-state index contributed by atoms with van der Waals surface area (Å²) in [6, 6.07) is 8.65. The third-order valence-electron chi connectivity index (χ3n) is 3.45. The zero-order valence-corrected chi connectivity index (χ0v) is 12.5. The molecule has 0 saturated carbocycles. The van der Waals surface area contributed by atoms with Gasteiger partial charge in [0.25, 0.3) is 0 Å². The van der Waals surface area contributed by atoms with Crippen LogP contribution in [-0.4, -0.2) is 31.7 Å². The van der Waals surface area contributed by atoms with Crippen LogP contribution in [0.15, 0.2) is 24.3 Å². The van der Waals surface area contributed by atoms with E-state index in [0.717, 1.165) is 13.1 Å². The number of benzene rings is 1. The molecule has 2 rings (SSSR count). The Kier molecular flexibility index (Phi) is 4.70. The third-order valence-corrected chi connectivity index (χ3v) is 3.45. The van der Waals surface area contributed by atoms with Crippen LogP contribution in [0.2, 0.25) is 0 Å². The number of nitrogens with one attached hydrogen (secondary N) is 2. The number of nitrogens with zero attached hydrogens (tertiary/aromatic N) is 1. The summed E-state index contributed by atoms with van der Waals surface area (Å²) in [5.74, 6) is 0. The van der Waals surface area contributed by atoms with Crippen LogP contribution >= 0.6 is 0 Å². The maximum Gasteiger partial charge on any atom is 0.0602 e. The minimum absolute atomic E-state index is 0.191. The molecule has 19 heavy (non-hydrogen) atoms. The van der Waals surface area contributed by atoms with Gasteiger partial charge in [-0.1, -0.05) is 12.1 Å². The van der Waals surface area contributed by atoms with Crippen molar-refractivity contribution in [3.63, 3.8) is 0 Å². The van der Waals surface area contributed by atoms with Gasteiger partial charge in [-0.2, -0.15) is 0 Å². The van der Waals surface area contributed by atoms with Crippen molar-refractivity contribution in [2.24, 2.45) is 0 Å². The fourth-order valence-corrected chi connectivity index (χ4v) is 2.49. The zero-order chi connectivity index (χ0) is 13.7. The smallest absolute Gasteiger partial charge is 0.0602 e. The number of hydrogen-bond donors (Lipinski definition) is 2. The van der Waals surface area contributed by atoms with Gasteiger partial charge in [0.15, 0.2) is 0 Å². The second-order valence-electron chi connectivity index (χ2n) is 6.31. The van der Waals surface area contributed by atoms with E-state index in [2.05, 4.69) is 60.6 Å². The average molecular weight is 261 g/mol. The highest BCUT2D eigenvalue weighted by atomic mass is 15.2. The topological polar surface area (TPSA) is 27.3 Å². The van der Waals surface area contributed by atoms with Gasteiger partial charge >= 0.3 is 0 Å². The largest absolute Gasteiger partial charge is 0.382 e. The standard InChI is InChI=1S/C16H27N3/c1-16(2,3)18-11-10-17-14-8-4-5-9-15(14)19-12-6-7-13-19/h4-5,8-9,17-18H,6-7,10-13H2,1-3H3. The van der Waals surface area contributed by atoms with Crippen LogP contribution in [0.1, 0.15) is 33.6 Å². The summed E-state index contributed by atoms with van der Waals surface area (Å²) in [6.07, 6.45) is 2.64. The first-order valence-electron chi connectivity index (χ1n) is 7.39. The first-order chi connectivity index (χ1) is 9.06. The van der Waals surface area contributed by atoms with Crippen molar-refractivity contribution in [1.29, 1.82) is 0 Å². The first-order valence-corrected chi connectivity index (χ1v) is 7.39. The number of para-hydroxylation sites is 2. The molecule has 3 nitrogen and oxygen atoms in total. The van der Waals surface area contributed by atoms with Gasteiger partial charge in [-0.3, -0.25) is 0 Å². The molecule has 1 heterocycles. The van der Waals surface area contributed by atoms with Gasteiger partial charge in [0.1, 0.15) is 0 Å². The molecule has 1 aliphatic rings. The van der Waals surface area contributed by atoms with Crippen molar-refractivity contribution in [3.8, 4) is 0 Å². The normalized spacial score (nSPS) is 15.8. The van der Waals surface area contributed by atoms with E-state index < -0.39 is 0 Å². The third kappa shape index (κ3) is 4.43. The Hall–Kier alpha value is -1.22. The fourth-order valence-electron chi connectivity index (χ4n) is 2.49. The van der Waals surface area contributed by atoms with E-state index in [1.807, 2.05) is 0 Å². The Bertz CT molecular complexity index is 389. The van der Waals surface area contributed by atoms with E-state index in [1.165, 1.54) is 37.3 Å². The van der Waals surface area contributed by atoms with Gasteiger partial charge < -0.3 is 15.5 Å². The molecule has 1 fully saturated rings. The number of anilines is 2. The van der Waals surface area contributed by atoms with Crippen LogP contribution in [0.3, 0.4) is 0 Å². The lowest BCUT2D eigenvalue weighted by atomic mass is 10.1. The van der Waals surface area contributed by atoms with Crippen molar-refractivity contribution < 1.29 is 0 Å².